The van der Waals surface area contributed by atoms with Gasteiger partial charge in [-0.25, -0.2) is 17.8 Å². The van der Waals surface area contributed by atoms with Crippen LogP contribution in [-0.2, 0) is 21.6 Å². The van der Waals surface area contributed by atoms with Crippen LogP contribution in [0.5, 0.6) is 0 Å². The summed E-state index contributed by atoms with van der Waals surface area (Å²) < 4.78 is 46.4. The molecule has 0 spiro atoms. The fourth-order valence-electron chi connectivity index (χ4n) is 6.88. The fourth-order valence-corrected chi connectivity index (χ4v) is 7.51. The highest BCUT2D eigenvalue weighted by molar-refractivity contribution is 7.90. The first-order chi connectivity index (χ1) is 18.8. The molecule has 0 amide bonds. The van der Waals surface area contributed by atoms with Gasteiger partial charge in [0, 0.05) is 44.2 Å². The summed E-state index contributed by atoms with van der Waals surface area (Å²) >= 11 is 0. The minimum Gasteiger partial charge on any atom is -0.381 e. The molecule has 4 heterocycles. The Morgan fingerprint density at radius 1 is 0.872 bits per heavy atom. The number of hydrogen-bond donors (Lipinski definition) is 0. The minimum absolute atomic E-state index is 0.259. The summed E-state index contributed by atoms with van der Waals surface area (Å²) in [4.78, 5) is 10.2. The number of aromatic nitrogens is 2. The molecular weight excluding hydrogens is 515 g/mol. The lowest BCUT2D eigenvalue weighted by atomic mass is 9.87. The van der Waals surface area contributed by atoms with Crippen molar-refractivity contribution in [1.29, 1.82) is 0 Å². The van der Waals surface area contributed by atoms with Crippen LogP contribution < -0.4 is 0 Å². The maximum atomic E-state index is 15.3. The molecule has 1 aromatic heterocycles. The van der Waals surface area contributed by atoms with E-state index >= 15 is 4.39 Å². The predicted molar refractivity (Wildman–Crippen MR) is 151 cm³/mol. The lowest BCUT2D eigenvalue weighted by Gasteiger charge is -2.44. The Kier molecular flexibility index (Phi) is 7.52. The first-order valence-corrected chi connectivity index (χ1v) is 16.2. The van der Waals surface area contributed by atoms with Gasteiger partial charge in [-0.3, -0.25) is 0 Å². The SMILES string of the molecule is Cn1c(-c2ccc(S(C)(=O)=O)cc2)nc2c(F)cc(C3CCN(C4CCN(C5CCOCC5)CC4)CC3)cc21. The number of imidazole rings is 1. The van der Waals surface area contributed by atoms with E-state index in [0.717, 1.165) is 55.8 Å². The lowest BCUT2D eigenvalue weighted by Crippen LogP contribution is -2.50. The summed E-state index contributed by atoms with van der Waals surface area (Å²) in [6, 6.07) is 11.8. The van der Waals surface area contributed by atoms with Crippen molar-refractivity contribution in [2.24, 2.45) is 7.05 Å². The molecule has 0 unspecified atom stereocenters. The summed E-state index contributed by atoms with van der Waals surface area (Å²) in [6.45, 7) is 6.32. The zero-order valence-corrected chi connectivity index (χ0v) is 23.8. The molecule has 9 heteroatoms. The number of hydrogen-bond acceptors (Lipinski definition) is 6. The van der Waals surface area contributed by atoms with Gasteiger partial charge in [-0.15, -0.1) is 0 Å². The maximum absolute atomic E-state index is 15.3. The van der Waals surface area contributed by atoms with E-state index in [1.807, 2.05) is 11.6 Å². The van der Waals surface area contributed by atoms with E-state index in [1.165, 1.54) is 45.0 Å². The largest absolute Gasteiger partial charge is 0.381 e. The van der Waals surface area contributed by atoms with Crippen LogP contribution in [0.25, 0.3) is 22.4 Å². The summed E-state index contributed by atoms with van der Waals surface area (Å²) in [5.41, 5.74) is 2.95. The van der Waals surface area contributed by atoms with Crippen LogP contribution in [-0.4, -0.2) is 85.5 Å². The number of rotatable bonds is 5. The van der Waals surface area contributed by atoms with Crippen LogP contribution in [0.3, 0.4) is 0 Å². The lowest BCUT2D eigenvalue weighted by molar-refractivity contribution is 0.0105. The molecule has 0 atom stereocenters. The molecule has 3 saturated heterocycles. The molecule has 3 aromatic rings. The topological polar surface area (TPSA) is 67.7 Å². The van der Waals surface area contributed by atoms with Gasteiger partial charge in [0.05, 0.1) is 10.4 Å². The fraction of sp³-hybridized carbons (Fsp3) is 0.567. The van der Waals surface area contributed by atoms with Gasteiger partial charge >= 0.3 is 0 Å². The van der Waals surface area contributed by atoms with Gasteiger partial charge in [-0.1, -0.05) is 0 Å². The van der Waals surface area contributed by atoms with Gasteiger partial charge in [0.2, 0.25) is 0 Å². The van der Waals surface area contributed by atoms with Gasteiger partial charge in [0.25, 0.3) is 0 Å². The van der Waals surface area contributed by atoms with Crippen molar-refractivity contribution in [1.82, 2.24) is 19.4 Å². The summed E-state index contributed by atoms with van der Waals surface area (Å²) in [6.07, 6.45) is 8.10. The molecule has 0 radical (unpaired) electrons. The standard InChI is InChI=1S/C30H39FN4O3S/c1-33-28-20-23(19-27(31)29(28)32-30(33)22-3-5-26(6-4-22)39(2,36)37)21-7-13-34(14-8-21)24-9-15-35(16-10-24)25-11-17-38-18-12-25/h3-6,19-21,24-25H,7-18H2,1-2H3. The smallest absolute Gasteiger partial charge is 0.175 e. The van der Waals surface area contributed by atoms with Crippen molar-refractivity contribution in [3.63, 3.8) is 0 Å². The molecule has 0 N–H and O–H groups in total. The maximum Gasteiger partial charge on any atom is 0.175 e. The molecule has 2 aromatic carbocycles. The number of likely N-dealkylation sites (tertiary alicyclic amines) is 2. The van der Waals surface area contributed by atoms with Gasteiger partial charge < -0.3 is 19.1 Å². The first kappa shape index (κ1) is 26.9. The molecule has 0 saturated carbocycles. The normalized spacial score (nSPS) is 21.6. The number of ether oxygens (including phenoxy) is 1. The summed E-state index contributed by atoms with van der Waals surface area (Å²) in [5.74, 6) is 0.679. The average molecular weight is 555 g/mol. The Morgan fingerprint density at radius 2 is 1.46 bits per heavy atom. The van der Waals surface area contributed by atoms with E-state index in [2.05, 4.69) is 20.9 Å². The van der Waals surface area contributed by atoms with E-state index in [9.17, 15) is 8.42 Å². The number of nitrogens with zero attached hydrogens (tertiary/aromatic N) is 4. The van der Waals surface area contributed by atoms with Crippen molar-refractivity contribution >= 4 is 20.9 Å². The second-order valence-electron chi connectivity index (χ2n) is 11.6. The summed E-state index contributed by atoms with van der Waals surface area (Å²) in [7, 11) is -1.38. The Labute approximate surface area is 230 Å². The van der Waals surface area contributed by atoms with E-state index in [-0.39, 0.29) is 10.7 Å². The Morgan fingerprint density at radius 3 is 2.08 bits per heavy atom. The number of halogens is 1. The third-order valence-electron chi connectivity index (χ3n) is 9.23. The highest BCUT2D eigenvalue weighted by Gasteiger charge is 2.32. The summed E-state index contributed by atoms with van der Waals surface area (Å²) in [5, 5.41) is 0. The number of benzene rings is 2. The monoisotopic (exact) mass is 554 g/mol. The second kappa shape index (κ2) is 10.9. The number of aryl methyl sites for hydroxylation is 1. The van der Waals surface area contributed by atoms with Crippen molar-refractivity contribution in [3.8, 4) is 11.4 Å². The number of piperidine rings is 2. The molecule has 3 aliphatic heterocycles. The second-order valence-corrected chi connectivity index (χ2v) is 13.6. The number of sulfone groups is 1. The quantitative estimate of drug-likeness (QED) is 0.459. The molecule has 7 nitrogen and oxygen atoms in total. The van der Waals surface area contributed by atoms with Gasteiger partial charge in [0.15, 0.2) is 15.7 Å². The zero-order chi connectivity index (χ0) is 27.1. The Hall–Kier alpha value is -2.33. The van der Waals surface area contributed by atoms with Crippen LogP contribution in [0.4, 0.5) is 4.39 Å². The van der Waals surface area contributed by atoms with Crippen LogP contribution in [0.15, 0.2) is 41.3 Å². The van der Waals surface area contributed by atoms with Crippen LogP contribution >= 0.6 is 0 Å². The Balaban J connectivity index is 1.12. The van der Waals surface area contributed by atoms with Crippen LogP contribution in [0, 0.1) is 5.82 Å². The third kappa shape index (κ3) is 5.51. The number of fused-ring (bicyclic) bond motifs is 1. The van der Waals surface area contributed by atoms with E-state index in [1.54, 1.807) is 30.3 Å². The molecule has 0 aliphatic carbocycles. The van der Waals surface area contributed by atoms with Crippen molar-refractivity contribution in [2.45, 2.75) is 61.4 Å². The van der Waals surface area contributed by atoms with E-state index < -0.39 is 9.84 Å². The van der Waals surface area contributed by atoms with E-state index in [4.69, 9.17) is 4.74 Å². The van der Waals surface area contributed by atoms with Crippen LogP contribution in [0.2, 0.25) is 0 Å². The van der Waals surface area contributed by atoms with Crippen LogP contribution in [0.1, 0.15) is 50.0 Å². The van der Waals surface area contributed by atoms with Gasteiger partial charge in [-0.2, -0.15) is 0 Å². The molecule has 210 valence electrons. The minimum atomic E-state index is -3.28. The van der Waals surface area contributed by atoms with Gasteiger partial charge in [0.1, 0.15) is 11.3 Å². The average Bonchev–Trinajstić information content (AvgIpc) is 3.30. The first-order valence-electron chi connectivity index (χ1n) is 14.3. The highest BCUT2D eigenvalue weighted by Crippen LogP contribution is 2.35. The molecule has 3 aliphatic rings. The van der Waals surface area contributed by atoms with Gasteiger partial charge in [-0.05, 0) is 113 Å². The molecule has 39 heavy (non-hydrogen) atoms. The van der Waals surface area contributed by atoms with Crippen molar-refractivity contribution in [3.05, 3.63) is 47.8 Å². The highest BCUT2D eigenvalue weighted by atomic mass is 32.2. The Bertz CT molecular complexity index is 1420. The molecule has 6 rings (SSSR count). The van der Waals surface area contributed by atoms with Crippen molar-refractivity contribution < 1.29 is 17.5 Å². The van der Waals surface area contributed by atoms with E-state index in [0.29, 0.717) is 29.3 Å². The molecule has 3 fully saturated rings. The third-order valence-corrected chi connectivity index (χ3v) is 10.4. The molecular formula is C30H39FN4O3S. The zero-order valence-electron chi connectivity index (χ0n) is 23.0. The predicted octanol–water partition coefficient (Wildman–Crippen LogP) is 4.61. The van der Waals surface area contributed by atoms with Crippen molar-refractivity contribution in [2.75, 3.05) is 45.6 Å². The molecule has 0 bridgehead atoms.